The lowest BCUT2D eigenvalue weighted by atomic mass is 10.2. The predicted molar refractivity (Wildman–Crippen MR) is 54.3 cm³/mol. The molecule has 1 aromatic heterocycles. The molecule has 4 nitrogen and oxygen atoms in total. The highest BCUT2D eigenvalue weighted by atomic mass is 32.1. The Hall–Kier alpha value is -1.82. The van der Waals surface area contributed by atoms with E-state index in [4.69, 9.17) is 0 Å². The van der Waals surface area contributed by atoms with Crippen molar-refractivity contribution in [2.45, 2.75) is 0 Å². The fourth-order valence-corrected chi connectivity index (χ4v) is 1.43. The van der Waals surface area contributed by atoms with Crippen LogP contribution in [0.3, 0.4) is 0 Å². The number of hydrogen-bond acceptors (Lipinski definition) is 4. The van der Waals surface area contributed by atoms with Crippen molar-refractivity contribution in [3.8, 4) is 0 Å². The summed E-state index contributed by atoms with van der Waals surface area (Å²) in [6.45, 7) is 0. The molecule has 0 saturated heterocycles. The number of rotatable bonds is 2. The molecule has 6 heteroatoms. The van der Waals surface area contributed by atoms with E-state index in [1.54, 1.807) is 0 Å². The first kappa shape index (κ1) is 9.72. The lowest BCUT2D eigenvalue weighted by Gasteiger charge is -2.00. The van der Waals surface area contributed by atoms with Gasteiger partial charge in [0.1, 0.15) is 12.1 Å². The number of hydrogen-bond donors (Lipinski definition) is 1. The molecule has 0 saturated carbocycles. The van der Waals surface area contributed by atoms with Crippen molar-refractivity contribution in [1.82, 2.24) is 9.36 Å². The minimum Gasteiger partial charge on any atom is -0.297 e. The van der Waals surface area contributed by atoms with Gasteiger partial charge in [0.05, 0.1) is 0 Å². The highest BCUT2D eigenvalue weighted by Crippen LogP contribution is 2.10. The van der Waals surface area contributed by atoms with Crippen molar-refractivity contribution in [3.05, 3.63) is 42.0 Å². The van der Waals surface area contributed by atoms with E-state index in [0.29, 0.717) is 10.7 Å². The number of carbonyl (C=O) groups excluding carboxylic acids is 1. The molecule has 1 heterocycles. The summed E-state index contributed by atoms with van der Waals surface area (Å²) in [5.74, 6) is -0.700. The number of halogens is 1. The Morgan fingerprint density at radius 2 is 2.07 bits per heavy atom. The molecule has 0 fully saturated rings. The van der Waals surface area contributed by atoms with Crippen molar-refractivity contribution < 1.29 is 9.18 Å². The van der Waals surface area contributed by atoms with Crippen LogP contribution in [-0.4, -0.2) is 15.3 Å². The predicted octanol–water partition coefficient (Wildman–Crippen LogP) is 1.93. The molecule has 0 unspecified atom stereocenters. The highest BCUT2D eigenvalue weighted by Gasteiger charge is 2.07. The molecular formula is C9H6FN3OS. The standard InChI is InChI=1S/C9H6FN3OS/c10-7-3-1-6(2-4-7)8(14)13-9-11-5-12-15-9/h1-5H,(H,11,12,13,14). The maximum Gasteiger partial charge on any atom is 0.257 e. The molecule has 2 rings (SSSR count). The Morgan fingerprint density at radius 1 is 1.33 bits per heavy atom. The monoisotopic (exact) mass is 223 g/mol. The van der Waals surface area contributed by atoms with E-state index in [1.807, 2.05) is 0 Å². The quantitative estimate of drug-likeness (QED) is 0.846. The summed E-state index contributed by atoms with van der Waals surface area (Å²) in [7, 11) is 0. The molecule has 0 radical (unpaired) electrons. The number of aromatic nitrogens is 2. The van der Waals surface area contributed by atoms with Crippen molar-refractivity contribution in [3.63, 3.8) is 0 Å². The average molecular weight is 223 g/mol. The summed E-state index contributed by atoms with van der Waals surface area (Å²) < 4.78 is 16.3. The Balaban J connectivity index is 2.11. The largest absolute Gasteiger partial charge is 0.297 e. The zero-order valence-electron chi connectivity index (χ0n) is 7.48. The van der Waals surface area contributed by atoms with Gasteiger partial charge in [-0.05, 0) is 24.3 Å². The van der Waals surface area contributed by atoms with Gasteiger partial charge < -0.3 is 0 Å². The minimum absolute atomic E-state index is 0.327. The second kappa shape index (κ2) is 4.14. The van der Waals surface area contributed by atoms with Crippen LogP contribution in [0.15, 0.2) is 30.6 Å². The van der Waals surface area contributed by atoms with Crippen LogP contribution >= 0.6 is 11.5 Å². The number of carbonyl (C=O) groups is 1. The third-order valence-corrected chi connectivity index (χ3v) is 2.27. The molecule has 1 N–H and O–H groups in total. The van der Waals surface area contributed by atoms with Crippen LogP contribution in [0, 0.1) is 5.82 Å². The molecule has 1 amide bonds. The maximum absolute atomic E-state index is 12.6. The maximum atomic E-state index is 12.6. The first-order chi connectivity index (χ1) is 7.25. The van der Waals surface area contributed by atoms with Crippen LogP contribution in [0.2, 0.25) is 0 Å². The highest BCUT2D eigenvalue weighted by molar-refractivity contribution is 7.09. The summed E-state index contributed by atoms with van der Waals surface area (Å²) in [6.07, 6.45) is 1.35. The van der Waals surface area contributed by atoms with Crippen molar-refractivity contribution >= 4 is 22.6 Å². The van der Waals surface area contributed by atoms with E-state index in [1.165, 1.54) is 30.6 Å². The number of benzene rings is 1. The summed E-state index contributed by atoms with van der Waals surface area (Å²) in [5.41, 5.74) is 0.381. The smallest absolute Gasteiger partial charge is 0.257 e. The summed E-state index contributed by atoms with van der Waals surface area (Å²) in [5, 5.41) is 2.96. The number of amides is 1. The number of nitrogens with one attached hydrogen (secondary N) is 1. The fourth-order valence-electron chi connectivity index (χ4n) is 0.999. The van der Waals surface area contributed by atoms with Crippen LogP contribution in [0.25, 0.3) is 0 Å². The zero-order chi connectivity index (χ0) is 10.7. The van der Waals surface area contributed by atoms with Gasteiger partial charge in [-0.3, -0.25) is 10.1 Å². The Bertz CT molecular complexity index is 455. The van der Waals surface area contributed by atoms with Crippen molar-refractivity contribution in [2.24, 2.45) is 0 Å². The lowest BCUT2D eigenvalue weighted by Crippen LogP contribution is -2.11. The van der Waals surface area contributed by atoms with Gasteiger partial charge in [-0.15, -0.1) is 0 Å². The SMILES string of the molecule is O=C(Nc1ncns1)c1ccc(F)cc1. The van der Waals surface area contributed by atoms with Gasteiger partial charge in [0.15, 0.2) is 0 Å². The van der Waals surface area contributed by atoms with E-state index < -0.39 is 0 Å². The molecule has 0 aliphatic rings. The molecule has 0 atom stereocenters. The van der Waals surface area contributed by atoms with Crippen LogP contribution < -0.4 is 5.32 Å². The van der Waals surface area contributed by atoms with Crippen LogP contribution in [0.1, 0.15) is 10.4 Å². The Labute approximate surface area is 89.0 Å². The van der Waals surface area contributed by atoms with Gasteiger partial charge in [0.25, 0.3) is 5.91 Å². The van der Waals surface area contributed by atoms with Gasteiger partial charge in [-0.1, -0.05) is 0 Å². The first-order valence-corrected chi connectivity index (χ1v) is 4.86. The Morgan fingerprint density at radius 3 is 2.67 bits per heavy atom. The third-order valence-electron chi connectivity index (χ3n) is 1.69. The summed E-state index contributed by atoms with van der Waals surface area (Å²) >= 11 is 1.08. The molecule has 0 bridgehead atoms. The van der Waals surface area contributed by atoms with Gasteiger partial charge in [-0.2, -0.15) is 4.37 Å². The summed E-state index contributed by atoms with van der Waals surface area (Å²) in [6, 6.07) is 5.28. The molecule has 0 aliphatic carbocycles. The second-order valence-electron chi connectivity index (χ2n) is 2.71. The summed E-state index contributed by atoms with van der Waals surface area (Å²) in [4.78, 5) is 15.3. The van der Waals surface area contributed by atoms with Crippen molar-refractivity contribution in [1.29, 1.82) is 0 Å². The molecule has 76 valence electrons. The van der Waals surface area contributed by atoms with E-state index in [2.05, 4.69) is 14.7 Å². The normalized spacial score (nSPS) is 9.93. The van der Waals surface area contributed by atoms with Gasteiger partial charge in [0.2, 0.25) is 5.13 Å². The molecular weight excluding hydrogens is 217 g/mol. The van der Waals surface area contributed by atoms with Gasteiger partial charge in [-0.25, -0.2) is 9.37 Å². The number of anilines is 1. The lowest BCUT2D eigenvalue weighted by molar-refractivity contribution is 0.102. The fraction of sp³-hybridized carbons (Fsp3) is 0. The third kappa shape index (κ3) is 2.35. The molecule has 1 aromatic carbocycles. The van der Waals surface area contributed by atoms with E-state index >= 15 is 0 Å². The van der Waals surface area contributed by atoms with E-state index in [-0.39, 0.29) is 11.7 Å². The van der Waals surface area contributed by atoms with E-state index in [0.717, 1.165) is 11.5 Å². The van der Waals surface area contributed by atoms with Gasteiger partial charge >= 0.3 is 0 Å². The van der Waals surface area contributed by atoms with Crippen LogP contribution in [0.5, 0.6) is 0 Å². The zero-order valence-corrected chi connectivity index (χ0v) is 8.29. The van der Waals surface area contributed by atoms with Crippen molar-refractivity contribution in [2.75, 3.05) is 5.32 Å². The number of nitrogens with zero attached hydrogens (tertiary/aromatic N) is 2. The molecule has 0 spiro atoms. The second-order valence-corrected chi connectivity index (χ2v) is 3.49. The molecule has 15 heavy (non-hydrogen) atoms. The molecule has 0 aliphatic heterocycles. The minimum atomic E-state index is -0.373. The van der Waals surface area contributed by atoms with Gasteiger partial charge in [0, 0.05) is 17.1 Å². The topological polar surface area (TPSA) is 54.9 Å². The van der Waals surface area contributed by atoms with Crippen LogP contribution in [0.4, 0.5) is 9.52 Å². The molecule has 2 aromatic rings. The van der Waals surface area contributed by atoms with E-state index in [9.17, 15) is 9.18 Å². The Kier molecular flexibility index (Phi) is 2.68. The average Bonchev–Trinajstić information content (AvgIpc) is 2.71. The van der Waals surface area contributed by atoms with Crippen LogP contribution in [-0.2, 0) is 0 Å². The first-order valence-electron chi connectivity index (χ1n) is 4.09.